The van der Waals surface area contributed by atoms with Gasteiger partial charge in [0.25, 0.3) is 0 Å². The van der Waals surface area contributed by atoms with Crippen molar-refractivity contribution in [3.63, 3.8) is 0 Å². The van der Waals surface area contributed by atoms with Gasteiger partial charge in [0.2, 0.25) is 15.9 Å². The largest absolute Gasteiger partial charge is 0.481 e. The topological polar surface area (TPSA) is 113 Å². The van der Waals surface area contributed by atoms with Crippen LogP contribution in [0.2, 0.25) is 0 Å². The molecule has 0 radical (unpaired) electrons. The molecule has 2 unspecified atom stereocenters. The van der Waals surface area contributed by atoms with E-state index in [2.05, 4.69) is 10.0 Å². The van der Waals surface area contributed by atoms with Crippen LogP contribution in [0.4, 0.5) is 0 Å². The molecule has 0 heterocycles. The smallest absolute Gasteiger partial charge is 0.308 e. The van der Waals surface area contributed by atoms with E-state index in [4.69, 9.17) is 0 Å². The second-order valence-electron chi connectivity index (χ2n) is 6.57. The van der Waals surface area contributed by atoms with Gasteiger partial charge in [-0.25, -0.2) is 13.1 Å². The van der Waals surface area contributed by atoms with Crippen molar-refractivity contribution in [2.45, 2.75) is 55.9 Å². The third kappa shape index (κ3) is 6.10. The first-order valence-corrected chi connectivity index (χ1v) is 10.5. The number of hydrogen-bond donors (Lipinski definition) is 3. The Morgan fingerprint density at radius 3 is 2.35 bits per heavy atom. The molecule has 26 heavy (non-hydrogen) atoms. The number of benzene rings is 1. The van der Waals surface area contributed by atoms with Gasteiger partial charge in [-0.15, -0.1) is 0 Å². The lowest BCUT2D eigenvalue weighted by atomic mass is 9.86. The first kappa shape index (κ1) is 20.4. The highest BCUT2D eigenvalue weighted by Crippen LogP contribution is 2.23. The van der Waals surface area contributed by atoms with Crippen LogP contribution in [0.3, 0.4) is 0 Å². The highest BCUT2D eigenvalue weighted by molar-refractivity contribution is 7.89. The average Bonchev–Trinajstić information content (AvgIpc) is 2.57. The lowest BCUT2D eigenvalue weighted by Gasteiger charge is -2.27. The van der Waals surface area contributed by atoms with Gasteiger partial charge in [-0.05, 0) is 25.0 Å². The van der Waals surface area contributed by atoms with E-state index in [1.54, 1.807) is 18.2 Å². The Bertz CT molecular complexity index is 706. The van der Waals surface area contributed by atoms with E-state index in [0.717, 1.165) is 25.7 Å². The Kier molecular flexibility index (Phi) is 7.59. The maximum atomic E-state index is 12.2. The summed E-state index contributed by atoms with van der Waals surface area (Å²) in [4.78, 5) is 23.8. The Morgan fingerprint density at radius 1 is 1.04 bits per heavy atom. The van der Waals surface area contributed by atoms with E-state index in [1.165, 1.54) is 12.1 Å². The molecule has 1 amide bonds. The molecule has 1 saturated carbocycles. The van der Waals surface area contributed by atoms with Crippen molar-refractivity contribution in [3.8, 4) is 0 Å². The van der Waals surface area contributed by atoms with Gasteiger partial charge in [0.05, 0.1) is 10.8 Å². The monoisotopic (exact) mass is 382 g/mol. The molecule has 0 spiro atoms. The third-order valence-electron chi connectivity index (χ3n) is 4.63. The minimum absolute atomic E-state index is 0.0328. The van der Waals surface area contributed by atoms with Crippen molar-refractivity contribution in [1.29, 1.82) is 0 Å². The average molecular weight is 382 g/mol. The number of sulfonamides is 1. The summed E-state index contributed by atoms with van der Waals surface area (Å²) in [6, 6.07) is 7.54. The van der Waals surface area contributed by atoms with Crippen LogP contribution in [0.5, 0.6) is 0 Å². The lowest BCUT2D eigenvalue weighted by Crippen LogP contribution is -2.44. The summed E-state index contributed by atoms with van der Waals surface area (Å²) in [6.07, 6.45) is 4.95. The van der Waals surface area contributed by atoms with Crippen molar-refractivity contribution < 1.29 is 23.1 Å². The Hall–Kier alpha value is -1.93. The van der Waals surface area contributed by atoms with Crippen LogP contribution in [-0.2, 0) is 19.6 Å². The fraction of sp³-hybridized carbons (Fsp3) is 0.556. The van der Waals surface area contributed by atoms with Gasteiger partial charge in [0, 0.05) is 19.0 Å². The molecule has 1 aromatic carbocycles. The summed E-state index contributed by atoms with van der Waals surface area (Å²) in [5, 5.41) is 12.2. The zero-order valence-corrected chi connectivity index (χ0v) is 15.5. The number of rotatable bonds is 7. The molecule has 1 aromatic rings. The lowest BCUT2D eigenvalue weighted by molar-refractivity contribution is -0.143. The molecule has 1 aliphatic carbocycles. The number of carbonyl (C=O) groups excluding carboxylic acids is 1. The number of carboxylic acids is 1. The molecule has 0 aromatic heterocycles. The normalized spacial score (nSPS) is 21.4. The van der Waals surface area contributed by atoms with Crippen molar-refractivity contribution in [1.82, 2.24) is 10.0 Å². The van der Waals surface area contributed by atoms with Gasteiger partial charge in [0.1, 0.15) is 0 Å². The molecule has 0 aliphatic heterocycles. The number of carboxylic acid groups (broad SMARTS) is 1. The molecule has 8 heteroatoms. The molecular weight excluding hydrogens is 356 g/mol. The van der Waals surface area contributed by atoms with Gasteiger partial charge in [0.15, 0.2) is 0 Å². The van der Waals surface area contributed by atoms with Gasteiger partial charge in [-0.3, -0.25) is 9.59 Å². The molecule has 1 fully saturated rings. The van der Waals surface area contributed by atoms with E-state index in [0.29, 0.717) is 12.8 Å². The maximum absolute atomic E-state index is 12.2. The van der Waals surface area contributed by atoms with Crippen molar-refractivity contribution in [2.24, 2.45) is 5.92 Å². The first-order valence-electron chi connectivity index (χ1n) is 8.97. The van der Waals surface area contributed by atoms with Crippen LogP contribution in [-0.4, -0.2) is 38.0 Å². The Morgan fingerprint density at radius 2 is 1.69 bits per heavy atom. The molecule has 2 rings (SSSR count). The number of hydrogen-bond acceptors (Lipinski definition) is 4. The van der Waals surface area contributed by atoms with Crippen molar-refractivity contribution in [3.05, 3.63) is 30.3 Å². The van der Waals surface area contributed by atoms with E-state index in [-0.39, 0.29) is 23.8 Å². The number of aliphatic carboxylic acids is 1. The summed E-state index contributed by atoms with van der Waals surface area (Å²) in [6.45, 7) is -0.0342. The predicted octanol–water partition coefficient (Wildman–Crippen LogP) is 1.89. The summed E-state index contributed by atoms with van der Waals surface area (Å²) in [7, 11) is -3.65. The van der Waals surface area contributed by atoms with Crippen LogP contribution in [0.1, 0.15) is 44.9 Å². The summed E-state index contributed by atoms with van der Waals surface area (Å²) >= 11 is 0. The minimum atomic E-state index is -3.65. The second kappa shape index (κ2) is 9.68. The van der Waals surface area contributed by atoms with E-state index >= 15 is 0 Å². The zero-order valence-electron chi connectivity index (χ0n) is 14.7. The zero-order chi connectivity index (χ0) is 19.0. The molecule has 0 saturated heterocycles. The van der Waals surface area contributed by atoms with E-state index < -0.39 is 28.0 Å². The highest BCUT2D eigenvalue weighted by Gasteiger charge is 2.29. The number of carbonyl (C=O) groups is 2. The van der Waals surface area contributed by atoms with Gasteiger partial charge >= 0.3 is 5.97 Å². The van der Waals surface area contributed by atoms with Gasteiger partial charge in [-0.1, -0.05) is 43.9 Å². The van der Waals surface area contributed by atoms with Gasteiger partial charge in [-0.2, -0.15) is 0 Å². The minimum Gasteiger partial charge on any atom is -0.481 e. The summed E-state index contributed by atoms with van der Waals surface area (Å²) in [5.41, 5.74) is 0. The summed E-state index contributed by atoms with van der Waals surface area (Å²) < 4.78 is 26.6. The Labute approximate surface area is 154 Å². The molecule has 7 nitrogen and oxygen atoms in total. The molecule has 1 aliphatic rings. The van der Waals surface area contributed by atoms with Crippen LogP contribution in [0.25, 0.3) is 0 Å². The van der Waals surface area contributed by atoms with Crippen LogP contribution in [0.15, 0.2) is 35.2 Å². The van der Waals surface area contributed by atoms with Crippen LogP contribution in [0, 0.1) is 5.92 Å². The van der Waals surface area contributed by atoms with Crippen LogP contribution < -0.4 is 10.0 Å². The Balaban J connectivity index is 1.86. The fourth-order valence-corrected chi connectivity index (χ4v) is 4.27. The van der Waals surface area contributed by atoms with E-state index in [1.807, 2.05) is 0 Å². The second-order valence-corrected chi connectivity index (χ2v) is 8.34. The van der Waals surface area contributed by atoms with Crippen molar-refractivity contribution >= 4 is 21.9 Å². The maximum Gasteiger partial charge on any atom is 0.308 e. The third-order valence-corrected chi connectivity index (χ3v) is 6.10. The van der Waals surface area contributed by atoms with Crippen molar-refractivity contribution in [2.75, 3.05) is 6.54 Å². The SMILES string of the molecule is O=C(CCNS(=O)(=O)c1ccccc1)NC1CCCCCCC1C(=O)O. The number of amides is 1. The molecule has 0 bridgehead atoms. The first-order chi connectivity index (χ1) is 12.4. The molecular formula is C18H26N2O5S. The summed E-state index contributed by atoms with van der Waals surface area (Å²) in [5.74, 6) is -1.81. The fourth-order valence-electron chi connectivity index (χ4n) is 3.21. The molecule has 2 atom stereocenters. The van der Waals surface area contributed by atoms with E-state index in [9.17, 15) is 23.1 Å². The number of nitrogens with one attached hydrogen (secondary N) is 2. The molecule has 3 N–H and O–H groups in total. The standard InChI is InChI=1S/C18H26N2O5S/c21-17(12-13-19-26(24,25)14-8-4-3-5-9-14)20-16-11-7-2-1-6-10-15(16)18(22)23/h3-5,8-9,15-16,19H,1-2,6-7,10-13H2,(H,20,21)(H,22,23). The van der Waals surface area contributed by atoms with Crippen LogP contribution >= 0.6 is 0 Å². The quantitative estimate of drug-likeness (QED) is 0.667. The predicted molar refractivity (Wildman–Crippen MR) is 97.0 cm³/mol. The highest BCUT2D eigenvalue weighted by atomic mass is 32.2. The molecule has 144 valence electrons. The van der Waals surface area contributed by atoms with Gasteiger partial charge < -0.3 is 10.4 Å².